The van der Waals surface area contributed by atoms with E-state index in [2.05, 4.69) is 41.8 Å². The van der Waals surface area contributed by atoms with Crippen LogP contribution in [0.4, 0.5) is 0 Å². The zero-order chi connectivity index (χ0) is 11.2. The van der Waals surface area contributed by atoms with E-state index in [4.69, 9.17) is 0 Å². The molecule has 2 heteroatoms. The first-order valence-electron chi connectivity index (χ1n) is 6.31. The van der Waals surface area contributed by atoms with Crippen LogP contribution in [0.2, 0.25) is 0 Å². The van der Waals surface area contributed by atoms with Gasteiger partial charge in [0.15, 0.2) is 0 Å². The van der Waals surface area contributed by atoms with Gasteiger partial charge in [-0.2, -0.15) is 0 Å². The molecule has 16 heavy (non-hydrogen) atoms. The molecule has 0 bridgehead atoms. The minimum Gasteiger partial charge on any atom is -0.316 e. The molecular formula is C14H22N2. The van der Waals surface area contributed by atoms with Gasteiger partial charge in [-0.15, -0.1) is 0 Å². The molecule has 1 aromatic carbocycles. The Morgan fingerprint density at radius 2 is 2.38 bits per heavy atom. The molecule has 0 spiro atoms. The van der Waals surface area contributed by atoms with Crippen molar-refractivity contribution in [3.63, 3.8) is 0 Å². The lowest BCUT2D eigenvalue weighted by Gasteiger charge is -2.23. The summed E-state index contributed by atoms with van der Waals surface area (Å²) < 4.78 is 0. The Bertz CT molecular complexity index is 316. The van der Waals surface area contributed by atoms with E-state index in [-0.39, 0.29) is 0 Å². The van der Waals surface area contributed by atoms with Crippen LogP contribution in [0.3, 0.4) is 0 Å². The highest BCUT2D eigenvalue weighted by Gasteiger charge is 2.11. The van der Waals surface area contributed by atoms with Crippen LogP contribution in [0.15, 0.2) is 24.3 Å². The van der Waals surface area contributed by atoms with Crippen LogP contribution >= 0.6 is 0 Å². The van der Waals surface area contributed by atoms with Gasteiger partial charge in [-0.3, -0.25) is 0 Å². The number of aryl methyl sites for hydroxylation is 1. The molecule has 0 aliphatic carbocycles. The van der Waals surface area contributed by atoms with Crippen molar-refractivity contribution in [3.05, 3.63) is 35.4 Å². The summed E-state index contributed by atoms with van der Waals surface area (Å²) in [7, 11) is 0. The third-order valence-electron chi connectivity index (χ3n) is 3.24. The molecule has 2 N–H and O–H groups in total. The zero-order valence-electron chi connectivity index (χ0n) is 10.1. The fraction of sp³-hybridized carbons (Fsp3) is 0.571. The molecule has 2 nitrogen and oxygen atoms in total. The summed E-state index contributed by atoms with van der Waals surface area (Å²) >= 11 is 0. The Hall–Kier alpha value is -0.860. The van der Waals surface area contributed by atoms with Gasteiger partial charge >= 0.3 is 0 Å². The van der Waals surface area contributed by atoms with E-state index < -0.39 is 0 Å². The van der Waals surface area contributed by atoms with Crippen LogP contribution < -0.4 is 10.6 Å². The number of hydrogen-bond acceptors (Lipinski definition) is 2. The van der Waals surface area contributed by atoms with Crippen molar-refractivity contribution in [1.29, 1.82) is 0 Å². The van der Waals surface area contributed by atoms with Crippen LogP contribution in [-0.2, 0) is 6.54 Å². The maximum atomic E-state index is 3.56. The molecular weight excluding hydrogens is 196 g/mol. The van der Waals surface area contributed by atoms with Gasteiger partial charge in [0, 0.05) is 6.54 Å². The molecule has 2 rings (SSSR count). The number of hydrogen-bond donors (Lipinski definition) is 2. The molecule has 1 fully saturated rings. The maximum absolute atomic E-state index is 3.56. The Morgan fingerprint density at radius 1 is 1.44 bits per heavy atom. The van der Waals surface area contributed by atoms with Crippen molar-refractivity contribution >= 4 is 0 Å². The van der Waals surface area contributed by atoms with Gasteiger partial charge in [0.1, 0.15) is 0 Å². The number of nitrogens with one attached hydrogen (secondary N) is 2. The highest BCUT2D eigenvalue weighted by Crippen LogP contribution is 2.09. The molecule has 0 aromatic heterocycles. The van der Waals surface area contributed by atoms with E-state index in [0.29, 0.717) is 0 Å². The molecule has 1 atom stereocenters. The second-order valence-electron chi connectivity index (χ2n) is 4.83. The summed E-state index contributed by atoms with van der Waals surface area (Å²) in [6.45, 7) is 6.67. The van der Waals surface area contributed by atoms with Crippen LogP contribution in [0.25, 0.3) is 0 Å². The first-order chi connectivity index (χ1) is 7.84. The van der Waals surface area contributed by atoms with E-state index in [1.807, 2.05) is 0 Å². The molecule has 1 unspecified atom stereocenters. The van der Waals surface area contributed by atoms with Gasteiger partial charge in [0.05, 0.1) is 0 Å². The summed E-state index contributed by atoms with van der Waals surface area (Å²) in [6, 6.07) is 8.73. The Morgan fingerprint density at radius 3 is 3.12 bits per heavy atom. The van der Waals surface area contributed by atoms with Gasteiger partial charge in [0.25, 0.3) is 0 Å². The maximum Gasteiger partial charge on any atom is 0.0205 e. The van der Waals surface area contributed by atoms with Crippen molar-refractivity contribution < 1.29 is 0 Å². The third kappa shape index (κ3) is 3.62. The van der Waals surface area contributed by atoms with Crippen molar-refractivity contribution in [2.24, 2.45) is 5.92 Å². The number of benzene rings is 1. The monoisotopic (exact) mass is 218 g/mol. The van der Waals surface area contributed by atoms with Gasteiger partial charge in [-0.1, -0.05) is 29.8 Å². The summed E-state index contributed by atoms with van der Waals surface area (Å²) in [4.78, 5) is 0. The molecule has 1 saturated heterocycles. The summed E-state index contributed by atoms with van der Waals surface area (Å²) in [6.07, 6.45) is 2.70. The van der Waals surface area contributed by atoms with Crippen molar-refractivity contribution in [2.75, 3.05) is 19.6 Å². The first kappa shape index (κ1) is 11.6. The Kier molecular flexibility index (Phi) is 4.37. The van der Waals surface area contributed by atoms with Gasteiger partial charge < -0.3 is 10.6 Å². The molecule has 0 radical (unpaired) electrons. The van der Waals surface area contributed by atoms with Crippen molar-refractivity contribution in [1.82, 2.24) is 10.6 Å². The summed E-state index contributed by atoms with van der Waals surface area (Å²) in [5.41, 5.74) is 2.74. The Labute approximate surface area is 98.4 Å². The first-order valence-corrected chi connectivity index (χ1v) is 6.31. The second kappa shape index (κ2) is 6.02. The fourth-order valence-electron chi connectivity index (χ4n) is 2.34. The summed E-state index contributed by atoms with van der Waals surface area (Å²) in [5.74, 6) is 0.818. The standard InChI is InChI=1S/C14H22N2/c1-12-4-2-5-13(8-12)9-16-11-14-6-3-7-15-10-14/h2,4-5,8,14-16H,3,6-7,9-11H2,1H3. The van der Waals surface area contributed by atoms with E-state index in [9.17, 15) is 0 Å². The molecule has 1 aliphatic rings. The van der Waals surface area contributed by atoms with Gasteiger partial charge in [-0.05, 0) is 50.9 Å². The topological polar surface area (TPSA) is 24.1 Å². The lowest BCUT2D eigenvalue weighted by Crippen LogP contribution is -2.35. The largest absolute Gasteiger partial charge is 0.316 e. The summed E-state index contributed by atoms with van der Waals surface area (Å²) in [5, 5.41) is 7.01. The van der Waals surface area contributed by atoms with E-state index >= 15 is 0 Å². The zero-order valence-corrected chi connectivity index (χ0v) is 10.1. The molecule has 1 aliphatic heterocycles. The molecule has 1 aromatic rings. The van der Waals surface area contributed by atoms with Crippen LogP contribution in [0, 0.1) is 12.8 Å². The van der Waals surface area contributed by atoms with Crippen molar-refractivity contribution in [3.8, 4) is 0 Å². The van der Waals surface area contributed by atoms with Gasteiger partial charge in [0.2, 0.25) is 0 Å². The van der Waals surface area contributed by atoms with E-state index in [1.54, 1.807) is 0 Å². The fourth-order valence-corrected chi connectivity index (χ4v) is 2.34. The SMILES string of the molecule is Cc1cccc(CNCC2CCCNC2)c1. The quantitative estimate of drug-likeness (QED) is 0.808. The lowest BCUT2D eigenvalue weighted by atomic mass is 10.00. The lowest BCUT2D eigenvalue weighted by molar-refractivity contribution is 0.360. The van der Waals surface area contributed by atoms with Crippen LogP contribution in [-0.4, -0.2) is 19.6 Å². The minimum atomic E-state index is 0.818. The number of rotatable bonds is 4. The second-order valence-corrected chi connectivity index (χ2v) is 4.83. The smallest absolute Gasteiger partial charge is 0.0205 e. The highest BCUT2D eigenvalue weighted by molar-refractivity contribution is 5.21. The van der Waals surface area contributed by atoms with Crippen molar-refractivity contribution in [2.45, 2.75) is 26.3 Å². The predicted octanol–water partition coefficient (Wildman–Crippen LogP) is 2.08. The molecule has 88 valence electrons. The Balaban J connectivity index is 1.71. The predicted molar refractivity (Wildman–Crippen MR) is 68.5 cm³/mol. The normalized spacial score (nSPS) is 20.9. The van der Waals surface area contributed by atoms with Crippen LogP contribution in [0.5, 0.6) is 0 Å². The third-order valence-corrected chi connectivity index (χ3v) is 3.24. The average Bonchev–Trinajstić information content (AvgIpc) is 2.30. The molecule has 1 heterocycles. The average molecular weight is 218 g/mol. The van der Waals surface area contributed by atoms with Gasteiger partial charge in [-0.25, -0.2) is 0 Å². The number of piperidine rings is 1. The minimum absolute atomic E-state index is 0.818. The van der Waals surface area contributed by atoms with E-state index in [1.165, 1.54) is 37.1 Å². The highest BCUT2D eigenvalue weighted by atomic mass is 14.9. The van der Waals surface area contributed by atoms with Crippen LogP contribution in [0.1, 0.15) is 24.0 Å². The van der Waals surface area contributed by atoms with E-state index in [0.717, 1.165) is 19.0 Å². The molecule has 0 saturated carbocycles. The molecule has 0 amide bonds.